The second-order valence-electron chi connectivity index (χ2n) is 4.64. The topological polar surface area (TPSA) is 70.6 Å². The van der Waals surface area contributed by atoms with Crippen LogP contribution in [0.4, 0.5) is 5.69 Å². The van der Waals surface area contributed by atoms with Crippen LogP contribution in [0.15, 0.2) is 18.2 Å². The highest BCUT2D eigenvalue weighted by Crippen LogP contribution is 2.27. The molecule has 106 valence electrons. The molecule has 0 saturated heterocycles. The van der Waals surface area contributed by atoms with E-state index in [1.807, 2.05) is 0 Å². The number of rotatable bonds is 7. The molecule has 0 unspecified atom stereocenters. The second kappa shape index (κ2) is 7.63. The highest BCUT2D eigenvalue weighted by atomic mass is 16.5. The monoisotopic (exact) mass is 266 g/mol. The summed E-state index contributed by atoms with van der Waals surface area (Å²) < 4.78 is 5.04. The Morgan fingerprint density at radius 2 is 2.16 bits per heavy atom. The minimum Gasteiger partial charge on any atom is -0.506 e. The molecule has 5 nitrogen and oxygen atoms in total. The fourth-order valence-electron chi connectivity index (χ4n) is 1.59. The summed E-state index contributed by atoms with van der Waals surface area (Å²) in [6.45, 7) is 4.93. The van der Waals surface area contributed by atoms with Gasteiger partial charge in [-0.3, -0.25) is 4.79 Å². The molecule has 0 atom stereocenters. The third-order valence-electron chi connectivity index (χ3n) is 2.61. The molecule has 0 aliphatic rings. The van der Waals surface area contributed by atoms with Gasteiger partial charge in [0, 0.05) is 18.5 Å². The fraction of sp³-hybridized carbons (Fsp3) is 0.500. The number of aromatic hydroxyl groups is 1. The molecule has 1 amide bonds. The molecule has 1 rings (SSSR count). The van der Waals surface area contributed by atoms with Crippen molar-refractivity contribution in [1.29, 1.82) is 0 Å². The van der Waals surface area contributed by atoms with Gasteiger partial charge in [-0.25, -0.2) is 0 Å². The van der Waals surface area contributed by atoms with E-state index < -0.39 is 0 Å². The second-order valence-corrected chi connectivity index (χ2v) is 4.64. The number of phenolic OH excluding ortho intramolecular Hbond substituents is 1. The van der Waals surface area contributed by atoms with Crippen molar-refractivity contribution in [2.75, 3.05) is 19.0 Å². The number of anilines is 1. The van der Waals surface area contributed by atoms with Crippen LogP contribution in [0.2, 0.25) is 0 Å². The highest BCUT2D eigenvalue weighted by Gasteiger charge is 2.07. The number of carbonyl (C=O) groups excluding carboxylic acids is 1. The van der Waals surface area contributed by atoms with Gasteiger partial charge in [0.05, 0.1) is 12.8 Å². The predicted molar refractivity (Wildman–Crippen MR) is 75.7 cm³/mol. The third-order valence-corrected chi connectivity index (χ3v) is 2.61. The van der Waals surface area contributed by atoms with Crippen LogP contribution in [0.1, 0.15) is 26.7 Å². The smallest absolute Gasteiger partial charge is 0.224 e. The number of amides is 1. The standard InChI is InChI=1S/C14H22N2O3/c1-10(2)15-8-4-5-14(18)16-12-9-11(19-3)6-7-13(12)17/h6-7,9-10,15,17H,4-5,8H2,1-3H3,(H,16,18). The first-order valence-electron chi connectivity index (χ1n) is 6.43. The van der Waals surface area contributed by atoms with Crippen LogP contribution in [0, 0.1) is 0 Å². The molecule has 0 saturated carbocycles. The molecule has 3 N–H and O–H groups in total. The van der Waals surface area contributed by atoms with E-state index in [0.717, 1.165) is 13.0 Å². The number of benzene rings is 1. The lowest BCUT2D eigenvalue weighted by Gasteiger charge is -2.10. The van der Waals surface area contributed by atoms with Gasteiger partial charge in [-0.05, 0) is 25.1 Å². The lowest BCUT2D eigenvalue weighted by molar-refractivity contribution is -0.116. The zero-order valence-corrected chi connectivity index (χ0v) is 11.7. The first kappa shape index (κ1) is 15.3. The van der Waals surface area contributed by atoms with Crippen molar-refractivity contribution >= 4 is 11.6 Å². The molecule has 1 aromatic rings. The Balaban J connectivity index is 2.43. The lowest BCUT2D eigenvalue weighted by Crippen LogP contribution is -2.24. The third kappa shape index (κ3) is 5.61. The van der Waals surface area contributed by atoms with Gasteiger partial charge in [0.1, 0.15) is 11.5 Å². The van der Waals surface area contributed by atoms with Crippen molar-refractivity contribution in [2.45, 2.75) is 32.7 Å². The molecule has 0 radical (unpaired) electrons. The molecule has 0 aromatic heterocycles. The van der Waals surface area contributed by atoms with E-state index in [1.165, 1.54) is 13.2 Å². The number of ether oxygens (including phenoxy) is 1. The molecule has 0 aliphatic carbocycles. The van der Waals surface area contributed by atoms with Crippen LogP contribution >= 0.6 is 0 Å². The number of methoxy groups -OCH3 is 1. The quantitative estimate of drug-likeness (QED) is 0.522. The summed E-state index contributed by atoms with van der Waals surface area (Å²) in [5.41, 5.74) is 0.376. The van der Waals surface area contributed by atoms with E-state index in [-0.39, 0.29) is 11.7 Å². The van der Waals surface area contributed by atoms with Gasteiger partial charge in [0.2, 0.25) is 5.91 Å². The Hall–Kier alpha value is -1.75. The van der Waals surface area contributed by atoms with E-state index in [9.17, 15) is 9.90 Å². The zero-order chi connectivity index (χ0) is 14.3. The van der Waals surface area contributed by atoms with Crippen molar-refractivity contribution in [3.63, 3.8) is 0 Å². The van der Waals surface area contributed by atoms with Crippen LogP contribution < -0.4 is 15.4 Å². The number of hydrogen-bond donors (Lipinski definition) is 3. The SMILES string of the molecule is COc1ccc(O)c(NC(=O)CCCNC(C)C)c1. The Bertz CT molecular complexity index is 419. The van der Waals surface area contributed by atoms with Gasteiger partial charge in [-0.15, -0.1) is 0 Å². The maximum Gasteiger partial charge on any atom is 0.224 e. The normalized spacial score (nSPS) is 10.5. The molecule has 19 heavy (non-hydrogen) atoms. The summed E-state index contributed by atoms with van der Waals surface area (Å²) in [5.74, 6) is 0.512. The fourth-order valence-corrected chi connectivity index (χ4v) is 1.59. The van der Waals surface area contributed by atoms with Crippen LogP contribution in [0.25, 0.3) is 0 Å². The Morgan fingerprint density at radius 1 is 1.42 bits per heavy atom. The van der Waals surface area contributed by atoms with Crippen molar-refractivity contribution in [3.8, 4) is 11.5 Å². The summed E-state index contributed by atoms with van der Waals surface area (Å²) in [4.78, 5) is 11.7. The van der Waals surface area contributed by atoms with E-state index >= 15 is 0 Å². The first-order valence-corrected chi connectivity index (χ1v) is 6.43. The Morgan fingerprint density at radius 3 is 2.79 bits per heavy atom. The van der Waals surface area contributed by atoms with Gasteiger partial charge in [-0.1, -0.05) is 13.8 Å². The van der Waals surface area contributed by atoms with E-state index in [2.05, 4.69) is 24.5 Å². The van der Waals surface area contributed by atoms with Gasteiger partial charge >= 0.3 is 0 Å². The van der Waals surface area contributed by atoms with Crippen LogP contribution in [0.5, 0.6) is 11.5 Å². The number of carbonyl (C=O) groups is 1. The summed E-state index contributed by atoms with van der Waals surface area (Å²) in [7, 11) is 1.54. The van der Waals surface area contributed by atoms with Gasteiger partial charge in [0.15, 0.2) is 0 Å². The molecular weight excluding hydrogens is 244 g/mol. The first-order chi connectivity index (χ1) is 9.02. The minimum atomic E-state index is -0.117. The molecule has 0 heterocycles. The van der Waals surface area contributed by atoms with Crippen molar-refractivity contribution in [2.24, 2.45) is 0 Å². The molecule has 0 fully saturated rings. The van der Waals surface area contributed by atoms with Crippen LogP contribution in [-0.4, -0.2) is 30.7 Å². The zero-order valence-electron chi connectivity index (χ0n) is 11.7. The number of hydrogen-bond acceptors (Lipinski definition) is 4. The molecule has 5 heteroatoms. The summed E-state index contributed by atoms with van der Waals surface area (Å²) in [6.07, 6.45) is 1.17. The van der Waals surface area contributed by atoms with Crippen LogP contribution in [0.3, 0.4) is 0 Å². The number of phenols is 1. The van der Waals surface area contributed by atoms with Crippen molar-refractivity contribution in [1.82, 2.24) is 5.32 Å². The molecule has 0 spiro atoms. The average Bonchev–Trinajstić information content (AvgIpc) is 2.37. The maximum absolute atomic E-state index is 11.7. The summed E-state index contributed by atoms with van der Waals surface area (Å²) in [6, 6.07) is 5.15. The van der Waals surface area contributed by atoms with Crippen LogP contribution in [-0.2, 0) is 4.79 Å². The Labute approximate surface area is 114 Å². The van der Waals surface area contributed by atoms with E-state index in [0.29, 0.717) is 23.9 Å². The molecule has 0 aliphatic heterocycles. The van der Waals surface area contributed by atoms with Gasteiger partial charge in [-0.2, -0.15) is 0 Å². The Kier molecular flexibility index (Phi) is 6.15. The largest absolute Gasteiger partial charge is 0.506 e. The highest BCUT2D eigenvalue weighted by molar-refractivity contribution is 5.92. The minimum absolute atomic E-state index is 0.0365. The molecule has 0 bridgehead atoms. The average molecular weight is 266 g/mol. The molecular formula is C14H22N2O3. The van der Waals surface area contributed by atoms with Crippen molar-refractivity contribution < 1.29 is 14.6 Å². The maximum atomic E-state index is 11.7. The van der Waals surface area contributed by atoms with E-state index in [1.54, 1.807) is 12.1 Å². The summed E-state index contributed by atoms with van der Waals surface area (Å²) in [5, 5.41) is 15.6. The summed E-state index contributed by atoms with van der Waals surface area (Å²) >= 11 is 0. The lowest BCUT2D eigenvalue weighted by atomic mass is 10.2. The van der Waals surface area contributed by atoms with Crippen molar-refractivity contribution in [3.05, 3.63) is 18.2 Å². The number of nitrogens with one attached hydrogen (secondary N) is 2. The molecule has 1 aromatic carbocycles. The van der Waals surface area contributed by atoms with E-state index in [4.69, 9.17) is 4.74 Å². The van der Waals surface area contributed by atoms with Gasteiger partial charge in [0.25, 0.3) is 0 Å². The predicted octanol–water partition coefficient (Wildman–Crippen LogP) is 2.12. The van der Waals surface area contributed by atoms with Gasteiger partial charge < -0.3 is 20.5 Å².